The van der Waals surface area contributed by atoms with Crippen LogP contribution in [0.1, 0.15) is 30.1 Å². The van der Waals surface area contributed by atoms with E-state index >= 15 is 0 Å². The molecule has 20 heavy (non-hydrogen) atoms. The molecule has 1 heterocycles. The average molecular weight is 279 g/mol. The lowest BCUT2D eigenvalue weighted by molar-refractivity contribution is 0.0946. The summed E-state index contributed by atoms with van der Waals surface area (Å²) >= 11 is 0. The van der Waals surface area contributed by atoms with Gasteiger partial charge in [0.1, 0.15) is 5.82 Å². The minimum Gasteiger partial charge on any atom is -0.398 e. The predicted octanol–water partition coefficient (Wildman–Crippen LogP) is 1.87. The summed E-state index contributed by atoms with van der Waals surface area (Å²) in [4.78, 5) is 14.4. The van der Waals surface area contributed by atoms with Gasteiger partial charge in [-0.05, 0) is 50.0 Å². The number of anilines is 1. The van der Waals surface area contributed by atoms with Crippen LogP contribution >= 0.6 is 0 Å². The molecule has 5 heteroatoms. The van der Waals surface area contributed by atoms with Gasteiger partial charge in [-0.2, -0.15) is 0 Å². The van der Waals surface area contributed by atoms with Gasteiger partial charge in [0.25, 0.3) is 5.91 Å². The third kappa shape index (κ3) is 3.93. The molecule has 1 atom stereocenters. The number of nitrogens with zero attached hydrogens (tertiary/aromatic N) is 1. The van der Waals surface area contributed by atoms with E-state index in [0.717, 1.165) is 19.6 Å². The van der Waals surface area contributed by atoms with Crippen molar-refractivity contribution in [1.82, 2.24) is 10.2 Å². The van der Waals surface area contributed by atoms with E-state index in [4.69, 9.17) is 5.73 Å². The molecule has 1 unspecified atom stereocenters. The van der Waals surface area contributed by atoms with E-state index in [9.17, 15) is 9.18 Å². The van der Waals surface area contributed by atoms with Gasteiger partial charge >= 0.3 is 0 Å². The number of hydrogen-bond acceptors (Lipinski definition) is 3. The van der Waals surface area contributed by atoms with Crippen LogP contribution in [-0.4, -0.2) is 37.0 Å². The van der Waals surface area contributed by atoms with Gasteiger partial charge in [-0.15, -0.1) is 0 Å². The third-order valence-electron chi connectivity index (χ3n) is 3.64. The summed E-state index contributed by atoms with van der Waals surface area (Å²) in [7, 11) is 0. The summed E-state index contributed by atoms with van der Waals surface area (Å²) in [6.07, 6.45) is 2.54. The maximum atomic E-state index is 12.9. The smallest absolute Gasteiger partial charge is 0.253 e. The Morgan fingerprint density at radius 1 is 1.45 bits per heavy atom. The molecule has 1 saturated heterocycles. The molecule has 1 aromatic rings. The Morgan fingerprint density at radius 2 is 2.15 bits per heavy atom. The Kier molecular flexibility index (Phi) is 4.95. The first-order valence-corrected chi connectivity index (χ1v) is 7.12. The molecule has 2 rings (SSSR count). The Balaban J connectivity index is 1.81. The second-order valence-electron chi connectivity index (χ2n) is 5.55. The molecule has 0 radical (unpaired) electrons. The number of nitrogens with one attached hydrogen (secondary N) is 1. The largest absolute Gasteiger partial charge is 0.398 e. The highest BCUT2D eigenvalue weighted by Crippen LogP contribution is 2.14. The molecule has 1 aromatic carbocycles. The maximum Gasteiger partial charge on any atom is 0.253 e. The van der Waals surface area contributed by atoms with Gasteiger partial charge in [-0.3, -0.25) is 4.79 Å². The molecular formula is C15H22FN3O. The van der Waals surface area contributed by atoms with Gasteiger partial charge < -0.3 is 16.0 Å². The number of halogens is 1. The SMILES string of the molecule is CC(CNC(=O)c1ccc(F)cc1N)CN1CCCC1. The van der Waals surface area contributed by atoms with Gasteiger partial charge in [0.15, 0.2) is 0 Å². The number of carbonyl (C=O) groups excluding carboxylic acids is 1. The van der Waals surface area contributed by atoms with E-state index < -0.39 is 5.82 Å². The van der Waals surface area contributed by atoms with E-state index in [0.29, 0.717) is 18.0 Å². The number of likely N-dealkylation sites (tertiary alicyclic amines) is 1. The number of carbonyl (C=O) groups is 1. The molecule has 3 N–H and O–H groups in total. The second kappa shape index (κ2) is 6.70. The highest BCUT2D eigenvalue weighted by Gasteiger charge is 2.16. The number of amides is 1. The molecule has 1 amide bonds. The van der Waals surface area contributed by atoms with Crippen LogP contribution in [0.2, 0.25) is 0 Å². The first-order valence-electron chi connectivity index (χ1n) is 7.12. The Bertz CT molecular complexity index is 472. The summed E-state index contributed by atoms with van der Waals surface area (Å²) in [5.41, 5.74) is 6.16. The Morgan fingerprint density at radius 3 is 2.80 bits per heavy atom. The van der Waals surface area contributed by atoms with Crippen molar-refractivity contribution >= 4 is 11.6 Å². The molecule has 1 aliphatic heterocycles. The van der Waals surface area contributed by atoms with Crippen LogP contribution in [0.5, 0.6) is 0 Å². The molecule has 0 spiro atoms. The zero-order chi connectivity index (χ0) is 14.5. The van der Waals surface area contributed by atoms with E-state index in [1.54, 1.807) is 0 Å². The molecular weight excluding hydrogens is 257 g/mol. The normalized spacial score (nSPS) is 17.1. The lowest BCUT2D eigenvalue weighted by Gasteiger charge is -2.20. The van der Waals surface area contributed by atoms with Crippen LogP contribution in [0.15, 0.2) is 18.2 Å². The maximum absolute atomic E-state index is 12.9. The molecule has 1 aliphatic rings. The van der Waals surface area contributed by atoms with Crippen molar-refractivity contribution in [3.8, 4) is 0 Å². The predicted molar refractivity (Wildman–Crippen MR) is 78.0 cm³/mol. The summed E-state index contributed by atoms with van der Waals surface area (Å²) in [5, 5.41) is 2.86. The first-order chi connectivity index (χ1) is 9.56. The van der Waals surface area contributed by atoms with Gasteiger partial charge in [-0.1, -0.05) is 6.92 Å². The Hall–Kier alpha value is -1.62. The highest BCUT2D eigenvalue weighted by atomic mass is 19.1. The fraction of sp³-hybridized carbons (Fsp3) is 0.533. The number of nitrogens with two attached hydrogens (primary N) is 1. The fourth-order valence-electron chi connectivity index (χ4n) is 2.57. The average Bonchev–Trinajstić information content (AvgIpc) is 2.89. The van der Waals surface area contributed by atoms with Crippen LogP contribution in [-0.2, 0) is 0 Å². The molecule has 0 bridgehead atoms. The van der Waals surface area contributed by atoms with Crippen molar-refractivity contribution in [2.24, 2.45) is 5.92 Å². The minimum atomic E-state index is -0.429. The van der Waals surface area contributed by atoms with E-state index in [-0.39, 0.29) is 11.6 Å². The second-order valence-corrected chi connectivity index (χ2v) is 5.55. The zero-order valence-electron chi connectivity index (χ0n) is 11.9. The van der Waals surface area contributed by atoms with Crippen molar-refractivity contribution in [1.29, 1.82) is 0 Å². The summed E-state index contributed by atoms with van der Waals surface area (Å²) in [6.45, 7) is 6.03. The summed E-state index contributed by atoms with van der Waals surface area (Å²) < 4.78 is 12.9. The molecule has 4 nitrogen and oxygen atoms in total. The fourth-order valence-corrected chi connectivity index (χ4v) is 2.57. The van der Waals surface area contributed by atoms with Gasteiger partial charge in [-0.25, -0.2) is 4.39 Å². The van der Waals surface area contributed by atoms with Crippen LogP contribution < -0.4 is 11.1 Å². The van der Waals surface area contributed by atoms with E-state index in [2.05, 4.69) is 17.1 Å². The van der Waals surface area contributed by atoms with Crippen molar-refractivity contribution < 1.29 is 9.18 Å². The molecule has 0 saturated carbocycles. The highest BCUT2D eigenvalue weighted by molar-refractivity contribution is 5.99. The number of nitrogen functional groups attached to an aromatic ring is 1. The van der Waals surface area contributed by atoms with Crippen LogP contribution in [0.3, 0.4) is 0 Å². The third-order valence-corrected chi connectivity index (χ3v) is 3.64. The van der Waals surface area contributed by atoms with Gasteiger partial charge in [0.05, 0.1) is 5.56 Å². The van der Waals surface area contributed by atoms with E-state index in [1.165, 1.54) is 31.0 Å². The van der Waals surface area contributed by atoms with Crippen LogP contribution in [0, 0.1) is 11.7 Å². The topological polar surface area (TPSA) is 58.4 Å². The molecule has 0 aliphatic carbocycles. The number of benzene rings is 1. The first kappa shape index (κ1) is 14.8. The number of hydrogen-bond donors (Lipinski definition) is 2. The van der Waals surface area contributed by atoms with Gasteiger partial charge in [0, 0.05) is 18.8 Å². The Labute approximate surface area is 119 Å². The molecule has 1 fully saturated rings. The lowest BCUT2D eigenvalue weighted by atomic mass is 10.1. The van der Waals surface area contributed by atoms with Crippen molar-refractivity contribution in [3.63, 3.8) is 0 Å². The summed E-state index contributed by atoms with van der Waals surface area (Å²) in [6, 6.07) is 3.84. The standard InChI is InChI=1S/C15H22FN3O/c1-11(10-19-6-2-3-7-19)9-18-15(20)13-5-4-12(16)8-14(13)17/h4-5,8,11H,2-3,6-7,9-10,17H2,1H3,(H,18,20). The van der Waals surface area contributed by atoms with Crippen LogP contribution in [0.25, 0.3) is 0 Å². The zero-order valence-corrected chi connectivity index (χ0v) is 11.9. The summed E-state index contributed by atoms with van der Waals surface area (Å²) in [5.74, 6) is -0.282. The number of rotatable bonds is 5. The van der Waals surface area contributed by atoms with Crippen LogP contribution in [0.4, 0.5) is 10.1 Å². The molecule has 0 aromatic heterocycles. The monoisotopic (exact) mass is 279 g/mol. The van der Waals surface area contributed by atoms with E-state index in [1.807, 2.05) is 0 Å². The lowest BCUT2D eigenvalue weighted by Crippen LogP contribution is -2.34. The quantitative estimate of drug-likeness (QED) is 0.809. The van der Waals surface area contributed by atoms with Crippen molar-refractivity contribution in [3.05, 3.63) is 29.6 Å². The van der Waals surface area contributed by atoms with Crippen molar-refractivity contribution in [2.75, 3.05) is 31.9 Å². The minimum absolute atomic E-state index is 0.176. The van der Waals surface area contributed by atoms with Crippen molar-refractivity contribution in [2.45, 2.75) is 19.8 Å². The van der Waals surface area contributed by atoms with Gasteiger partial charge in [0.2, 0.25) is 0 Å². The molecule has 110 valence electrons.